The van der Waals surface area contributed by atoms with Crippen molar-refractivity contribution >= 4 is 34.0 Å². The highest BCUT2D eigenvalue weighted by Gasteiger charge is 2.15. The fourth-order valence-electron chi connectivity index (χ4n) is 2.12. The number of amides is 1. The summed E-state index contributed by atoms with van der Waals surface area (Å²) in [5.41, 5.74) is 5.55. The highest BCUT2D eigenvalue weighted by atomic mass is 32.1. The molecule has 0 atom stereocenters. The van der Waals surface area contributed by atoms with Crippen molar-refractivity contribution in [1.29, 1.82) is 0 Å². The summed E-state index contributed by atoms with van der Waals surface area (Å²) in [6, 6.07) is 11.4. The van der Waals surface area contributed by atoms with Gasteiger partial charge < -0.3 is 10.1 Å². The van der Waals surface area contributed by atoms with E-state index in [2.05, 4.69) is 16.2 Å². The lowest BCUT2D eigenvalue weighted by Gasteiger charge is -2.23. The Hall–Kier alpha value is -2.34. The first-order chi connectivity index (χ1) is 10.8. The number of hydrogen-bond donors (Lipinski definition) is 3. The van der Waals surface area contributed by atoms with E-state index in [0.717, 1.165) is 10.8 Å². The van der Waals surface area contributed by atoms with Crippen molar-refractivity contribution in [1.82, 2.24) is 16.2 Å². The van der Waals surface area contributed by atoms with Gasteiger partial charge in [0.15, 0.2) is 5.11 Å². The maximum atomic E-state index is 12.4. The molecular weight excluding hydrogens is 310 g/mol. The molecule has 122 valence electrons. The molecule has 0 bridgehead atoms. The summed E-state index contributed by atoms with van der Waals surface area (Å²) in [7, 11) is 1.54. The van der Waals surface area contributed by atoms with E-state index in [1.807, 2.05) is 51.1 Å². The summed E-state index contributed by atoms with van der Waals surface area (Å²) in [6.45, 7) is 5.94. The quantitative estimate of drug-likeness (QED) is 0.583. The molecule has 0 unspecified atom stereocenters. The van der Waals surface area contributed by atoms with Crippen LogP contribution in [0.2, 0.25) is 0 Å². The Morgan fingerprint density at radius 3 is 2.26 bits per heavy atom. The van der Waals surface area contributed by atoms with Gasteiger partial charge in [0.05, 0.1) is 12.7 Å². The van der Waals surface area contributed by atoms with Gasteiger partial charge in [0.25, 0.3) is 5.91 Å². The van der Waals surface area contributed by atoms with Crippen molar-refractivity contribution in [3.8, 4) is 5.75 Å². The minimum absolute atomic E-state index is 0.185. The van der Waals surface area contributed by atoms with Crippen LogP contribution in [0, 0.1) is 0 Å². The molecule has 0 heterocycles. The second-order valence-corrected chi connectivity index (χ2v) is 6.59. The van der Waals surface area contributed by atoms with E-state index in [0.29, 0.717) is 16.4 Å². The van der Waals surface area contributed by atoms with Gasteiger partial charge in [0.1, 0.15) is 5.75 Å². The number of carbonyl (C=O) groups is 1. The van der Waals surface area contributed by atoms with Gasteiger partial charge in [-0.2, -0.15) is 0 Å². The Labute approximate surface area is 141 Å². The van der Waals surface area contributed by atoms with Crippen LogP contribution in [0.15, 0.2) is 36.4 Å². The van der Waals surface area contributed by atoms with Gasteiger partial charge in [0.2, 0.25) is 0 Å². The number of nitrogens with one attached hydrogen (secondary N) is 3. The molecule has 6 heteroatoms. The van der Waals surface area contributed by atoms with E-state index >= 15 is 0 Å². The molecule has 2 aromatic carbocycles. The lowest BCUT2D eigenvalue weighted by Crippen LogP contribution is -2.52. The molecule has 3 N–H and O–H groups in total. The first-order valence-electron chi connectivity index (χ1n) is 7.25. The topological polar surface area (TPSA) is 62.4 Å². The summed E-state index contributed by atoms with van der Waals surface area (Å²) < 4.78 is 5.32. The standard InChI is InChI=1S/C17H21N3O2S/c1-17(2,3)18-16(23)20-19-15(21)13-9-11-7-5-6-8-12(11)10-14(13)22-4/h5-10H,1-4H3,(H,19,21)(H2,18,20,23). The number of thiocarbonyl (C=S) groups is 1. The number of ether oxygens (including phenoxy) is 1. The van der Waals surface area contributed by atoms with Gasteiger partial charge in [0, 0.05) is 5.54 Å². The highest BCUT2D eigenvalue weighted by molar-refractivity contribution is 7.80. The predicted octanol–water partition coefficient (Wildman–Crippen LogP) is 2.76. The second kappa shape index (κ2) is 6.83. The molecule has 0 saturated carbocycles. The molecule has 0 fully saturated rings. The third-order valence-electron chi connectivity index (χ3n) is 3.09. The summed E-state index contributed by atoms with van der Waals surface area (Å²) in [4.78, 5) is 12.4. The van der Waals surface area contributed by atoms with Gasteiger partial charge in [-0.15, -0.1) is 0 Å². The highest BCUT2D eigenvalue weighted by Crippen LogP contribution is 2.25. The number of rotatable bonds is 2. The first-order valence-corrected chi connectivity index (χ1v) is 7.66. The molecule has 0 spiro atoms. The maximum Gasteiger partial charge on any atom is 0.273 e. The summed E-state index contributed by atoms with van der Waals surface area (Å²) in [5.74, 6) is 0.198. The van der Waals surface area contributed by atoms with Crippen molar-refractivity contribution < 1.29 is 9.53 Å². The molecule has 0 aliphatic carbocycles. The maximum absolute atomic E-state index is 12.4. The van der Waals surface area contributed by atoms with Gasteiger partial charge in [-0.3, -0.25) is 15.6 Å². The second-order valence-electron chi connectivity index (χ2n) is 6.18. The van der Waals surface area contributed by atoms with Crippen molar-refractivity contribution in [2.45, 2.75) is 26.3 Å². The predicted molar refractivity (Wildman–Crippen MR) is 96.6 cm³/mol. The SMILES string of the molecule is COc1cc2ccccc2cc1C(=O)NNC(=S)NC(C)(C)C. The van der Waals surface area contributed by atoms with E-state index in [4.69, 9.17) is 17.0 Å². The number of hydrazine groups is 1. The number of benzene rings is 2. The first kappa shape index (κ1) is 17.0. The molecule has 0 aliphatic heterocycles. The van der Waals surface area contributed by atoms with Gasteiger partial charge in [-0.1, -0.05) is 24.3 Å². The Morgan fingerprint density at radius 2 is 1.70 bits per heavy atom. The smallest absolute Gasteiger partial charge is 0.273 e. The lowest BCUT2D eigenvalue weighted by molar-refractivity contribution is 0.0940. The molecule has 1 amide bonds. The minimum Gasteiger partial charge on any atom is -0.496 e. The van der Waals surface area contributed by atoms with Crippen molar-refractivity contribution in [3.05, 3.63) is 42.0 Å². The number of hydrogen-bond acceptors (Lipinski definition) is 3. The van der Waals surface area contributed by atoms with Crippen molar-refractivity contribution in [2.75, 3.05) is 7.11 Å². The van der Waals surface area contributed by atoms with Crippen LogP contribution in [0.4, 0.5) is 0 Å². The average molecular weight is 331 g/mol. The summed E-state index contributed by atoms with van der Waals surface area (Å²) in [5, 5.41) is 5.39. The van der Waals surface area contributed by atoms with Crippen LogP contribution in [-0.2, 0) is 0 Å². The normalized spacial score (nSPS) is 11.0. The van der Waals surface area contributed by atoms with E-state index in [1.54, 1.807) is 13.2 Å². The zero-order valence-electron chi connectivity index (χ0n) is 13.7. The zero-order chi connectivity index (χ0) is 17.0. The molecule has 23 heavy (non-hydrogen) atoms. The Kier molecular flexibility index (Phi) is 5.05. The van der Waals surface area contributed by atoms with Gasteiger partial charge in [-0.05, 0) is 55.9 Å². The van der Waals surface area contributed by atoms with Crippen LogP contribution < -0.4 is 20.9 Å². The van der Waals surface area contributed by atoms with E-state index in [1.165, 1.54) is 0 Å². The monoisotopic (exact) mass is 331 g/mol. The Morgan fingerprint density at radius 1 is 1.09 bits per heavy atom. The van der Waals surface area contributed by atoms with Crippen molar-refractivity contribution in [2.24, 2.45) is 0 Å². The van der Waals surface area contributed by atoms with Crippen LogP contribution in [-0.4, -0.2) is 23.7 Å². The Bertz CT molecular complexity index is 738. The molecule has 2 aromatic rings. The van der Waals surface area contributed by atoms with Crippen LogP contribution >= 0.6 is 12.2 Å². The van der Waals surface area contributed by atoms with Crippen LogP contribution in [0.1, 0.15) is 31.1 Å². The van der Waals surface area contributed by atoms with E-state index in [9.17, 15) is 4.79 Å². The molecule has 0 saturated heterocycles. The largest absolute Gasteiger partial charge is 0.496 e. The molecule has 0 radical (unpaired) electrons. The molecule has 5 nitrogen and oxygen atoms in total. The zero-order valence-corrected chi connectivity index (χ0v) is 14.5. The molecule has 0 aromatic heterocycles. The summed E-state index contributed by atoms with van der Waals surface area (Å²) >= 11 is 5.14. The molecule has 2 rings (SSSR count). The number of fused-ring (bicyclic) bond motifs is 1. The van der Waals surface area contributed by atoms with Crippen LogP contribution in [0.3, 0.4) is 0 Å². The van der Waals surface area contributed by atoms with Gasteiger partial charge in [-0.25, -0.2) is 0 Å². The fourth-order valence-corrected chi connectivity index (χ4v) is 2.48. The average Bonchev–Trinajstić information content (AvgIpc) is 2.49. The Balaban J connectivity index is 2.15. The number of carbonyl (C=O) groups excluding carboxylic acids is 1. The number of methoxy groups -OCH3 is 1. The van der Waals surface area contributed by atoms with Crippen LogP contribution in [0.25, 0.3) is 10.8 Å². The molecular formula is C17H21N3O2S. The minimum atomic E-state index is -0.314. The summed E-state index contributed by atoms with van der Waals surface area (Å²) in [6.07, 6.45) is 0. The van der Waals surface area contributed by atoms with Gasteiger partial charge >= 0.3 is 0 Å². The lowest BCUT2D eigenvalue weighted by atomic mass is 10.1. The van der Waals surface area contributed by atoms with E-state index in [-0.39, 0.29) is 11.4 Å². The van der Waals surface area contributed by atoms with Crippen molar-refractivity contribution in [3.63, 3.8) is 0 Å². The third-order valence-corrected chi connectivity index (χ3v) is 3.29. The van der Waals surface area contributed by atoms with E-state index < -0.39 is 0 Å². The third kappa shape index (κ3) is 4.56. The van der Waals surface area contributed by atoms with Crippen LogP contribution in [0.5, 0.6) is 5.75 Å². The molecule has 0 aliphatic rings. The fraction of sp³-hybridized carbons (Fsp3) is 0.294.